The fourth-order valence-corrected chi connectivity index (χ4v) is 4.04. The van der Waals surface area contributed by atoms with Gasteiger partial charge in [0, 0.05) is 17.1 Å². The molecule has 0 atom stereocenters. The van der Waals surface area contributed by atoms with Crippen molar-refractivity contribution in [1.82, 2.24) is 4.98 Å². The maximum absolute atomic E-state index is 13.1. The van der Waals surface area contributed by atoms with Crippen LogP contribution in [0.25, 0.3) is 11.5 Å². The fraction of sp³-hybridized carbons (Fsp3) is 0.250. The van der Waals surface area contributed by atoms with E-state index < -0.39 is 9.84 Å². The molecule has 0 aliphatic carbocycles. The Morgan fingerprint density at radius 3 is 2.48 bits per heavy atom. The molecule has 0 saturated heterocycles. The molecular weight excluding hydrogens is 384 g/mol. The molecule has 0 fully saturated rings. The van der Waals surface area contributed by atoms with Crippen molar-refractivity contribution in [1.29, 1.82) is 0 Å². The van der Waals surface area contributed by atoms with E-state index in [-0.39, 0.29) is 21.7 Å². The summed E-state index contributed by atoms with van der Waals surface area (Å²) in [6, 6.07) is 13.6. The van der Waals surface area contributed by atoms with Gasteiger partial charge in [0.15, 0.2) is 0 Å². The molecule has 2 aromatic carbocycles. The van der Waals surface area contributed by atoms with Crippen LogP contribution in [-0.2, 0) is 9.84 Å². The first-order valence-electron chi connectivity index (χ1n) is 8.75. The number of oxazole rings is 1. The number of sulfone groups is 1. The highest BCUT2D eigenvalue weighted by molar-refractivity contribution is 7.91. The van der Waals surface area contributed by atoms with Crippen LogP contribution < -0.4 is 5.32 Å². The van der Waals surface area contributed by atoms with Gasteiger partial charge in [-0.15, -0.1) is 0 Å². The van der Waals surface area contributed by atoms with Crippen molar-refractivity contribution in [2.45, 2.75) is 36.6 Å². The van der Waals surface area contributed by atoms with Gasteiger partial charge < -0.3 is 9.73 Å². The Kier molecular flexibility index (Phi) is 5.87. The molecule has 7 heteroatoms. The number of benzene rings is 2. The van der Waals surface area contributed by atoms with Gasteiger partial charge in [-0.2, -0.15) is 4.98 Å². The second-order valence-electron chi connectivity index (χ2n) is 6.21. The topological polar surface area (TPSA) is 72.2 Å². The molecule has 0 aliphatic heterocycles. The van der Waals surface area contributed by atoms with Crippen molar-refractivity contribution < 1.29 is 12.8 Å². The van der Waals surface area contributed by atoms with Gasteiger partial charge in [-0.25, -0.2) is 8.42 Å². The quantitative estimate of drug-likeness (QED) is 0.537. The fourth-order valence-electron chi connectivity index (χ4n) is 2.63. The normalized spacial score (nSPS) is 11.5. The summed E-state index contributed by atoms with van der Waals surface area (Å²) >= 11 is 5.88. The van der Waals surface area contributed by atoms with Crippen LogP contribution in [0.2, 0.25) is 5.02 Å². The lowest BCUT2D eigenvalue weighted by Crippen LogP contribution is -2.08. The molecule has 0 aliphatic rings. The van der Waals surface area contributed by atoms with Crippen LogP contribution in [-0.4, -0.2) is 19.9 Å². The van der Waals surface area contributed by atoms with Crippen molar-refractivity contribution in [3.05, 3.63) is 59.1 Å². The van der Waals surface area contributed by atoms with Gasteiger partial charge in [0.05, 0.1) is 4.90 Å². The lowest BCUT2D eigenvalue weighted by atomic mass is 10.1. The van der Waals surface area contributed by atoms with E-state index in [9.17, 15) is 8.42 Å². The lowest BCUT2D eigenvalue weighted by Gasteiger charge is -2.05. The van der Waals surface area contributed by atoms with Crippen LogP contribution in [0.15, 0.2) is 62.9 Å². The van der Waals surface area contributed by atoms with E-state index in [1.54, 1.807) is 12.1 Å². The maximum Gasteiger partial charge on any atom is 0.233 e. The van der Waals surface area contributed by atoms with Crippen LogP contribution in [0, 0.1) is 6.92 Å². The molecule has 1 heterocycles. The van der Waals surface area contributed by atoms with E-state index in [1.807, 2.05) is 31.2 Å². The van der Waals surface area contributed by atoms with Crippen molar-refractivity contribution in [2.75, 3.05) is 11.9 Å². The highest BCUT2D eigenvalue weighted by Gasteiger charge is 2.28. The summed E-state index contributed by atoms with van der Waals surface area (Å²) in [5.41, 5.74) is 1.71. The predicted molar refractivity (Wildman–Crippen MR) is 107 cm³/mol. The van der Waals surface area contributed by atoms with E-state index in [4.69, 9.17) is 16.0 Å². The van der Waals surface area contributed by atoms with Crippen molar-refractivity contribution >= 4 is 27.3 Å². The zero-order chi connectivity index (χ0) is 19.4. The number of anilines is 1. The third kappa shape index (κ3) is 4.17. The zero-order valence-corrected chi connectivity index (χ0v) is 16.8. The van der Waals surface area contributed by atoms with E-state index in [1.165, 1.54) is 12.1 Å². The molecule has 0 spiro atoms. The molecule has 0 unspecified atom stereocenters. The first kappa shape index (κ1) is 19.5. The average Bonchev–Trinajstić information content (AvgIpc) is 3.07. The van der Waals surface area contributed by atoms with Crippen LogP contribution in [0.4, 0.5) is 5.88 Å². The third-order valence-electron chi connectivity index (χ3n) is 4.17. The molecule has 1 N–H and O–H groups in total. The summed E-state index contributed by atoms with van der Waals surface area (Å²) in [7, 11) is -3.85. The molecule has 0 saturated carbocycles. The van der Waals surface area contributed by atoms with Crippen molar-refractivity contribution in [3.63, 3.8) is 0 Å². The lowest BCUT2D eigenvalue weighted by molar-refractivity contribution is 0.575. The van der Waals surface area contributed by atoms with Gasteiger partial charge in [0.25, 0.3) is 0 Å². The van der Waals surface area contributed by atoms with E-state index >= 15 is 0 Å². The largest absolute Gasteiger partial charge is 0.419 e. The molecule has 3 rings (SSSR count). The van der Waals surface area contributed by atoms with E-state index in [0.717, 1.165) is 24.0 Å². The van der Waals surface area contributed by atoms with Crippen LogP contribution in [0.5, 0.6) is 0 Å². The van der Waals surface area contributed by atoms with E-state index in [2.05, 4.69) is 17.2 Å². The first-order chi connectivity index (χ1) is 12.9. The Balaban J connectivity index is 2.09. The van der Waals surface area contributed by atoms with Gasteiger partial charge in [0.2, 0.25) is 26.6 Å². The number of hydrogen-bond acceptors (Lipinski definition) is 5. The number of aryl methyl sites for hydroxylation is 1. The minimum absolute atomic E-state index is 0.112. The number of nitrogens with one attached hydrogen (secondary N) is 1. The SMILES string of the molecule is CCCCNc1oc(-c2ccccc2C)nc1S(=O)(=O)c1ccc(Cl)cc1. The number of nitrogens with zero attached hydrogens (tertiary/aromatic N) is 1. The summed E-state index contributed by atoms with van der Waals surface area (Å²) in [6.07, 6.45) is 1.87. The van der Waals surface area contributed by atoms with Gasteiger partial charge in [-0.3, -0.25) is 0 Å². The van der Waals surface area contributed by atoms with Gasteiger partial charge in [-0.1, -0.05) is 43.1 Å². The summed E-state index contributed by atoms with van der Waals surface area (Å²) < 4.78 is 32.1. The molecule has 3 aromatic rings. The van der Waals surface area contributed by atoms with Gasteiger partial charge >= 0.3 is 0 Å². The number of aromatic nitrogens is 1. The average molecular weight is 405 g/mol. The molecule has 142 valence electrons. The number of hydrogen-bond donors (Lipinski definition) is 1. The Bertz CT molecular complexity index is 1030. The van der Waals surface area contributed by atoms with Crippen LogP contribution >= 0.6 is 11.6 Å². The summed E-state index contributed by atoms with van der Waals surface area (Å²) in [4.78, 5) is 4.46. The predicted octanol–water partition coefficient (Wildman–Crippen LogP) is 5.35. The Morgan fingerprint density at radius 1 is 1.11 bits per heavy atom. The second-order valence-corrected chi connectivity index (χ2v) is 8.51. The molecule has 27 heavy (non-hydrogen) atoms. The van der Waals surface area contributed by atoms with Crippen LogP contribution in [0.1, 0.15) is 25.3 Å². The standard InChI is InChI=1S/C20H21ClN2O3S/c1-3-4-13-22-19-20(27(24,25)16-11-9-15(21)10-12-16)23-18(26-19)17-8-6-5-7-14(17)2/h5-12,22H,3-4,13H2,1-2H3. The number of rotatable bonds is 7. The molecule has 0 amide bonds. The Morgan fingerprint density at radius 2 is 1.81 bits per heavy atom. The highest BCUT2D eigenvalue weighted by Crippen LogP contribution is 2.33. The second kappa shape index (κ2) is 8.15. The summed E-state index contributed by atoms with van der Waals surface area (Å²) in [6.45, 7) is 4.59. The highest BCUT2D eigenvalue weighted by atomic mass is 35.5. The Hall–Kier alpha value is -2.31. The smallest absolute Gasteiger partial charge is 0.233 e. The molecule has 0 radical (unpaired) electrons. The van der Waals surface area contributed by atoms with Crippen LogP contribution in [0.3, 0.4) is 0 Å². The number of unbranched alkanes of at least 4 members (excludes halogenated alkanes) is 1. The minimum atomic E-state index is -3.85. The van der Waals surface area contributed by atoms with Gasteiger partial charge in [-0.05, 0) is 49.2 Å². The molecule has 0 bridgehead atoms. The first-order valence-corrected chi connectivity index (χ1v) is 10.6. The molecular formula is C20H21ClN2O3S. The van der Waals surface area contributed by atoms with Crippen molar-refractivity contribution in [3.8, 4) is 11.5 Å². The minimum Gasteiger partial charge on any atom is -0.419 e. The Labute approximate surface area is 164 Å². The molecule has 1 aromatic heterocycles. The van der Waals surface area contributed by atoms with Gasteiger partial charge in [0.1, 0.15) is 0 Å². The zero-order valence-electron chi connectivity index (χ0n) is 15.2. The maximum atomic E-state index is 13.1. The van der Waals surface area contributed by atoms with Crippen molar-refractivity contribution in [2.24, 2.45) is 0 Å². The monoisotopic (exact) mass is 404 g/mol. The number of halogens is 1. The summed E-state index contributed by atoms with van der Waals surface area (Å²) in [5, 5.41) is 3.43. The third-order valence-corrected chi connectivity index (χ3v) is 6.10. The summed E-state index contributed by atoms with van der Waals surface area (Å²) in [5.74, 6) is 0.441. The van der Waals surface area contributed by atoms with E-state index in [0.29, 0.717) is 11.6 Å². The molecule has 5 nitrogen and oxygen atoms in total.